The van der Waals surface area contributed by atoms with Crippen molar-refractivity contribution in [3.63, 3.8) is 0 Å². The van der Waals surface area contributed by atoms with E-state index < -0.39 is 0 Å². The minimum atomic E-state index is -0.305. The van der Waals surface area contributed by atoms with Gasteiger partial charge in [0.25, 0.3) is 0 Å². The molecular weight excluding hydrogens is 272 g/mol. The normalized spacial score (nSPS) is 29.7. The van der Waals surface area contributed by atoms with Crippen LogP contribution in [-0.2, 0) is 11.3 Å². The summed E-state index contributed by atoms with van der Waals surface area (Å²) in [6, 6.07) is 2.41. The van der Waals surface area contributed by atoms with Crippen LogP contribution in [0.2, 0.25) is 0 Å². The van der Waals surface area contributed by atoms with E-state index in [1.165, 1.54) is 16.9 Å². The first kappa shape index (κ1) is 14.5. The van der Waals surface area contributed by atoms with Gasteiger partial charge in [0.1, 0.15) is 0 Å². The van der Waals surface area contributed by atoms with Crippen LogP contribution >= 0.6 is 11.3 Å². The number of ether oxygens (including phenoxy) is 1. The van der Waals surface area contributed by atoms with E-state index in [9.17, 15) is 5.11 Å². The SMILES string of the molecule is Cc1ccsc1CN1CCCN([C@H]2COC[C@@H]2O)CC1. The second-order valence-electron chi connectivity index (χ2n) is 5.86. The minimum absolute atomic E-state index is 0.207. The van der Waals surface area contributed by atoms with Crippen LogP contribution < -0.4 is 0 Å². The molecule has 2 fully saturated rings. The molecule has 0 aliphatic carbocycles. The lowest BCUT2D eigenvalue weighted by atomic mass is 10.2. The van der Waals surface area contributed by atoms with Gasteiger partial charge in [0, 0.05) is 24.5 Å². The molecule has 2 saturated heterocycles. The molecule has 1 aromatic rings. The van der Waals surface area contributed by atoms with Gasteiger partial charge in [-0.2, -0.15) is 0 Å². The first-order valence-electron chi connectivity index (χ1n) is 7.49. The molecule has 0 saturated carbocycles. The zero-order chi connectivity index (χ0) is 13.9. The summed E-state index contributed by atoms with van der Waals surface area (Å²) in [5.74, 6) is 0. The van der Waals surface area contributed by atoms with Crippen LogP contribution in [0.5, 0.6) is 0 Å². The molecule has 0 unspecified atom stereocenters. The molecule has 2 aliphatic heterocycles. The second-order valence-corrected chi connectivity index (χ2v) is 6.87. The molecule has 5 heteroatoms. The van der Waals surface area contributed by atoms with Crippen molar-refractivity contribution in [3.05, 3.63) is 21.9 Å². The summed E-state index contributed by atoms with van der Waals surface area (Å²) in [6.07, 6.45) is 0.870. The van der Waals surface area contributed by atoms with Crippen molar-refractivity contribution in [1.29, 1.82) is 0 Å². The molecule has 0 bridgehead atoms. The first-order valence-corrected chi connectivity index (χ1v) is 8.37. The van der Waals surface area contributed by atoms with E-state index in [0.717, 1.165) is 32.7 Å². The van der Waals surface area contributed by atoms with E-state index in [0.29, 0.717) is 13.2 Å². The van der Waals surface area contributed by atoms with E-state index in [1.807, 2.05) is 11.3 Å². The lowest BCUT2D eigenvalue weighted by molar-refractivity contribution is 0.0837. The number of aliphatic hydroxyl groups excluding tert-OH is 1. The van der Waals surface area contributed by atoms with Gasteiger partial charge < -0.3 is 9.84 Å². The molecule has 0 aromatic carbocycles. The fraction of sp³-hybridized carbons (Fsp3) is 0.733. The van der Waals surface area contributed by atoms with Gasteiger partial charge in [0.2, 0.25) is 0 Å². The van der Waals surface area contributed by atoms with Gasteiger partial charge in [-0.15, -0.1) is 11.3 Å². The summed E-state index contributed by atoms with van der Waals surface area (Å²) < 4.78 is 5.39. The van der Waals surface area contributed by atoms with Gasteiger partial charge in [-0.25, -0.2) is 0 Å². The van der Waals surface area contributed by atoms with Gasteiger partial charge in [-0.1, -0.05) is 0 Å². The van der Waals surface area contributed by atoms with Gasteiger partial charge in [-0.3, -0.25) is 9.80 Å². The number of hydrogen-bond acceptors (Lipinski definition) is 5. The Balaban J connectivity index is 1.55. The Morgan fingerprint density at radius 1 is 1.30 bits per heavy atom. The Hall–Kier alpha value is -0.460. The Bertz CT molecular complexity index is 437. The monoisotopic (exact) mass is 296 g/mol. The van der Waals surface area contributed by atoms with E-state index in [4.69, 9.17) is 4.74 Å². The summed E-state index contributed by atoms with van der Waals surface area (Å²) in [5.41, 5.74) is 1.41. The summed E-state index contributed by atoms with van der Waals surface area (Å²) in [6.45, 7) is 8.80. The third kappa shape index (κ3) is 3.23. The Kier molecular flexibility index (Phi) is 4.73. The number of aryl methyl sites for hydroxylation is 1. The predicted octanol–water partition coefficient (Wildman–Crippen LogP) is 1.32. The van der Waals surface area contributed by atoms with Crippen molar-refractivity contribution in [2.24, 2.45) is 0 Å². The number of thiophene rings is 1. The van der Waals surface area contributed by atoms with Crippen LogP contribution in [0.4, 0.5) is 0 Å². The summed E-state index contributed by atoms with van der Waals surface area (Å²) in [4.78, 5) is 6.45. The van der Waals surface area contributed by atoms with Crippen molar-refractivity contribution in [2.45, 2.75) is 32.0 Å². The molecule has 0 radical (unpaired) electrons. The first-order chi connectivity index (χ1) is 9.74. The highest BCUT2D eigenvalue weighted by Gasteiger charge is 2.32. The average molecular weight is 296 g/mol. The molecular formula is C15H24N2O2S. The molecule has 1 aromatic heterocycles. The van der Waals surface area contributed by atoms with Crippen LogP contribution in [0.25, 0.3) is 0 Å². The maximum absolute atomic E-state index is 9.96. The van der Waals surface area contributed by atoms with E-state index >= 15 is 0 Å². The van der Waals surface area contributed by atoms with Crippen molar-refractivity contribution in [3.8, 4) is 0 Å². The average Bonchev–Trinajstić information content (AvgIpc) is 2.95. The zero-order valence-corrected chi connectivity index (χ0v) is 12.9. The Morgan fingerprint density at radius 3 is 2.90 bits per heavy atom. The van der Waals surface area contributed by atoms with Gasteiger partial charge in [-0.05, 0) is 43.4 Å². The largest absolute Gasteiger partial charge is 0.389 e. The Morgan fingerprint density at radius 2 is 2.20 bits per heavy atom. The smallest absolute Gasteiger partial charge is 0.0950 e. The lowest BCUT2D eigenvalue weighted by Gasteiger charge is -2.28. The molecule has 2 atom stereocenters. The van der Waals surface area contributed by atoms with E-state index in [1.54, 1.807) is 0 Å². The van der Waals surface area contributed by atoms with Gasteiger partial charge in [0.05, 0.1) is 25.4 Å². The lowest BCUT2D eigenvalue weighted by Crippen LogP contribution is -2.44. The molecule has 2 aliphatic rings. The summed E-state index contributed by atoms with van der Waals surface area (Å²) in [5, 5.41) is 12.1. The molecule has 3 heterocycles. The predicted molar refractivity (Wildman–Crippen MR) is 81.1 cm³/mol. The molecule has 112 valence electrons. The van der Waals surface area contributed by atoms with E-state index in [-0.39, 0.29) is 12.1 Å². The van der Waals surface area contributed by atoms with Crippen LogP contribution in [-0.4, -0.2) is 66.4 Å². The number of nitrogens with zero attached hydrogens (tertiary/aromatic N) is 2. The van der Waals surface area contributed by atoms with Crippen LogP contribution in [0.1, 0.15) is 16.9 Å². The van der Waals surface area contributed by atoms with Gasteiger partial charge in [0.15, 0.2) is 0 Å². The summed E-state index contributed by atoms with van der Waals surface area (Å²) >= 11 is 1.86. The van der Waals surface area contributed by atoms with Crippen LogP contribution in [0.3, 0.4) is 0 Å². The topological polar surface area (TPSA) is 35.9 Å². The van der Waals surface area contributed by atoms with Crippen molar-refractivity contribution in [2.75, 3.05) is 39.4 Å². The third-order valence-corrected chi connectivity index (χ3v) is 5.46. The van der Waals surface area contributed by atoms with E-state index in [2.05, 4.69) is 28.2 Å². The number of aliphatic hydroxyl groups is 1. The zero-order valence-electron chi connectivity index (χ0n) is 12.1. The van der Waals surface area contributed by atoms with Crippen molar-refractivity contribution < 1.29 is 9.84 Å². The maximum Gasteiger partial charge on any atom is 0.0950 e. The molecule has 1 N–H and O–H groups in total. The molecule has 0 amide bonds. The molecule has 4 nitrogen and oxygen atoms in total. The molecule has 3 rings (SSSR count). The Labute approximate surface area is 125 Å². The third-order valence-electron chi connectivity index (χ3n) is 4.45. The van der Waals surface area contributed by atoms with Crippen molar-refractivity contribution in [1.82, 2.24) is 9.80 Å². The van der Waals surface area contributed by atoms with Crippen LogP contribution in [0.15, 0.2) is 11.4 Å². The maximum atomic E-state index is 9.96. The fourth-order valence-electron chi connectivity index (χ4n) is 3.13. The van der Waals surface area contributed by atoms with Crippen molar-refractivity contribution >= 4 is 11.3 Å². The highest BCUT2D eigenvalue weighted by atomic mass is 32.1. The summed E-state index contributed by atoms with van der Waals surface area (Å²) in [7, 11) is 0. The quantitative estimate of drug-likeness (QED) is 0.913. The highest BCUT2D eigenvalue weighted by molar-refractivity contribution is 7.10. The highest BCUT2D eigenvalue weighted by Crippen LogP contribution is 2.20. The molecule has 20 heavy (non-hydrogen) atoms. The standard InChI is InChI=1S/C15H24N2O2S/c1-12-3-8-20-15(12)9-16-4-2-5-17(7-6-16)13-10-19-11-14(13)18/h3,8,13-14,18H,2,4-7,9-11H2,1H3/t13-,14-/m0/s1. The fourth-order valence-corrected chi connectivity index (χ4v) is 4.08. The van der Waals surface area contributed by atoms with Crippen LogP contribution in [0, 0.1) is 6.92 Å². The number of rotatable bonds is 3. The molecule has 0 spiro atoms. The number of hydrogen-bond donors (Lipinski definition) is 1. The van der Waals surface area contributed by atoms with Gasteiger partial charge >= 0.3 is 0 Å². The second kappa shape index (κ2) is 6.54. The minimum Gasteiger partial charge on any atom is -0.389 e.